The summed E-state index contributed by atoms with van der Waals surface area (Å²) in [5.74, 6) is -0.348. The average molecular weight is 500 g/mol. The minimum Gasteiger partial charge on any atom is -0.353 e. The molecular formula is C23H22Cl4N2O2. The van der Waals surface area contributed by atoms with Gasteiger partial charge in [-0.1, -0.05) is 58.5 Å². The molecule has 0 atom stereocenters. The number of rotatable bonds is 10. The van der Waals surface area contributed by atoms with Gasteiger partial charge in [-0.2, -0.15) is 0 Å². The summed E-state index contributed by atoms with van der Waals surface area (Å²) in [5, 5.41) is 7.48. The molecule has 2 aromatic carbocycles. The molecule has 2 amide bonds. The fourth-order valence-electron chi connectivity index (χ4n) is 2.54. The fraction of sp³-hybridized carbons (Fsp3) is 0.217. The number of unbranched alkanes of at least 4 members (excludes halogenated alkanes) is 2. The number of carbonyl (C=O) groups excluding carboxylic acids is 2. The van der Waals surface area contributed by atoms with E-state index in [-0.39, 0.29) is 11.8 Å². The third kappa shape index (κ3) is 9.79. The molecule has 0 spiro atoms. The van der Waals surface area contributed by atoms with E-state index < -0.39 is 0 Å². The van der Waals surface area contributed by atoms with E-state index in [2.05, 4.69) is 10.6 Å². The molecule has 0 saturated carbocycles. The second kappa shape index (κ2) is 13.4. The van der Waals surface area contributed by atoms with Crippen LogP contribution in [0, 0.1) is 0 Å². The highest BCUT2D eigenvalue weighted by Crippen LogP contribution is 2.23. The van der Waals surface area contributed by atoms with E-state index in [4.69, 9.17) is 46.4 Å². The van der Waals surface area contributed by atoms with Crippen molar-refractivity contribution >= 4 is 70.4 Å². The zero-order chi connectivity index (χ0) is 22.6. The standard InChI is InChI=1S/C23H22Cl4N2O2/c24-18-8-4-16(14-20(18)26)6-10-22(30)28-12-2-1-3-13-29-23(31)11-7-17-5-9-19(25)21(27)15-17/h4-11,14-15H,1-3,12-13H2,(H,28,30)(H,29,31)/b10-6+,11-7+. The lowest BCUT2D eigenvalue weighted by molar-refractivity contribution is -0.117. The van der Waals surface area contributed by atoms with Gasteiger partial charge in [0, 0.05) is 25.2 Å². The lowest BCUT2D eigenvalue weighted by Gasteiger charge is -2.04. The van der Waals surface area contributed by atoms with Crippen LogP contribution in [0.15, 0.2) is 48.6 Å². The molecule has 31 heavy (non-hydrogen) atoms. The van der Waals surface area contributed by atoms with Crippen LogP contribution in [-0.2, 0) is 9.59 Å². The van der Waals surface area contributed by atoms with Gasteiger partial charge in [0.1, 0.15) is 0 Å². The molecule has 8 heteroatoms. The number of hydrogen-bond acceptors (Lipinski definition) is 2. The molecule has 0 saturated heterocycles. The van der Waals surface area contributed by atoms with Crippen LogP contribution in [-0.4, -0.2) is 24.9 Å². The molecule has 0 aliphatic rings. The maximum absolute atomic E-state index is 11.8. The van der Waals surface area contributed by atoms with Crippen LogP contribution in [0.25, 0.3) is 12.2 Å². The van der Waals surface area contributed by atoms with Crippen molar-refractivity contribution in [3.8, 4) is 0 Å². The van der Waals surface area contributed by atoms with Crippen molar-refractivity contribution in [2.45, 2.75) is 19.3 Å². The summed E-state index contributed by atoms with van der Waals surface area (Å²) in [4.78, 5) is 23.7. The van der Waals surface area contributed by atoms with Gasteiger partial charge in [0.2, 0.25) is 11.8 Å². The molecule has 0 aromatic heterocycles. The number of carbonyl (C=O) groups is 2. The van der Waals surface area contributed by atoms with Gasteiger partial charge < -0.3 is 10.6 Å². The summed E-state index contributed by atoms with van der Waals surface area (Å²) in [6, 6.07) is 10.3. The maximum atomic E-state index is 11.8. The topological polar surface area (TPSA) is 58.2 Å². The fourth-order valence-corrected chi connectivity index (χ4v) is 3.16. The van der Waals surface area contributed by atoms with Crippen molar-refractivity contribution in [3.05, 3.63) is 79.8 Å². The van der Waals surface area contributed by atoms with Crippen molar-refractivity contribution < 1.29 is 9.59 Å². The first-order valence-corrected chi connectivity index (χ1v) is 11.2. The van der Waals surface area contributed by atoms with Crippen LogP contribution in [0.5, 0.6) is 0 Å². The largest absolute Gasteiger partial charge is 0.353 e. The summed E-state index contributed by atoms with van der Waals surface area (Å²) < 4.78 is 0. The van der Waals surface area contributed by atoms with Crippen LogP contribution in [0.1, 0.15) is 30.4 Å². The van der Waals surface area contributed by atoms with Gasteiger partial charge in [0.15, 0.2) is 0 Å². The first-order chi connectivity index (χ1) is 14.8. The summed E-state index contributed by atoms with van der Waals surface area (Å²) >= 11 is 23.6. The van der Waals surface area contributed by atoms with Crippen molar-refractivity contribution in [3.63, 3.8) is 0 Å². The molecular weight excluding hydrogens is 478 g/mol. The molecule has 2 rings (SSSR count). The van der Waals surface area contributed by atoms with Crippen LogP contribution in [0.2, 0.25) is 20.1 Å². The Labute approximate surface area is 202 Å². The summed E-state index contributed by atoms with van der Waals surface area (Å²) in [6.45, 7) is 1.13. The van der Waals surface area contributed by atoms with Crippen molar-refractivity contribution in [1.82, 2.24) is 10.6 Å². The van der Waals surface area contributed by atoms with Gasteiger partial charge in [-0.3, -0.25) is 9.59 Å². The zero-order valence-electron chi connectivity index (χ0n) is 16.6. The monoisotopic (exact) mass is 498 g/mol. The predicted octanol–water partition coefficient (Wildman–Crippen LogP) is 6.43. The summed E-state index contributed by atoms with van der Waals surface area (Å²) in [6.07, 6.45) is 8.80. The van der Waals surface area contributed by atoms with Gasteiger partial charge in [-0.25, -0.2) is 0 Å². The third-order valence-corrected chi connectivity index (χ3v) is 5.67. The van der Waals surface area contributed by atoms with Crippen LogP contribution in [0.4, 0.5) is 0 Å². The highest BCUT2D eigenvalue weighted by Gasteiger charge is 2.00. The molecule has 0 aliphatic carbocycles. The number of nitrogens with one attached hydrogen (secondary N) is 2. The predicted molar refractivity (Wildman–Crippen MR) is 131 cm³/mol. The van der Waals surface area contributed by atoms with Crippen LogP contribution >= 0.6 is 46.4 Å². The Morgan fingerprint density at radius 2 is 1.06 bits per heavy atom. The first-order valence-electron chi connectivity index (χ1n) is 9.67. The molecule has 0 fully saturated rings. The van der Waals surface area contributed by atoms with E-state index in [1.165, 1.54) is 12.2 Å². The molecule has 164 valence electrons. The van der Waals surface area contributed by atoms with Gasteiger partial charge in [0.05, 0.1) is 20.1 Å². The second-order valence-corrected chi connectivity index (χ2v) is 8.29. The van der Waals surface area contributed by atoms with Crippen LogP contribution < -0.4 is 10.6 Å². The Kier molecular flexibility index (Phi) is 11.0. The molecule has 2 aromatic rings. The number of benzene rings is 2. The lowest BCUT2D eigenvalue weighted by atomic mass is 10.2. The summed E-state index contributed by atoms with van der Waals surface area (Å²) in [5.41, 5.74) is 1.60. The Bertz CT molecular complexity index is 897. The maximum Gasteiger partial charge on any atom is 0.243 e. The third-order valence-electron chi connectivity index (χ3n) is 4.19. The van der Waals surface area contributed by atoms with Gasteiger partial charge in [-0.15, -0.1) is 0 Å². The first kappa shape index (κ1) is 25.3. The van der Waals surface area contributed by atoms with E-state index in [1.54, 1.807) is 48.6 Å². The normalized spacial score (nSPS) is 11.2. The minimum atomic E-state index is -0.174. The van der Waals surface area contributed by atoms with Gasteiger partial charge in [-0.05, 0) is 66.8 Å². The SMILES string of the molecule is O=C(/C=C/c1ccc(Cl)c(Cl)c1)NCCCCCNC(=O)/C=C/c1ccc(Cl)c(Cl)c1. The van der Waals surface area contributed by atoms with E-state index in [9.17, 15) is 9.59 Å². The van der Waals surface area contributed by atoms with E-state index in [0.29, 0.717) is 33.2 Å². The van der Waals surface area contributed by atoms with E-state index >= 15 is 0 Å². The minimum absolute atomic E-state index is 0.174. The number of hydrogen-bond donors (Lipinski definition) is 2. The quantitative estimate of drug-likeness (QED) is 0.292. The Hall–Kier alpha value is -1.98. The van der Waals surface area contributed by atoms with Crippen molar-refractivity contribution in [2.24, 2.45) is 0 Å². The molecule has 0 aliphatic heterocycles. The Morgan fingerprint density at radius 3 is 1.45 bits per heavy atom. The van der Waals surface area contributed by atoms with Gasteiger partial charge >= 0.3 is 0 Å². The summed E-state index contributed by atoms with van der Waals surface area (Å²) in [7, 11) is 0. The second-order valence-electron chi connectivity index (χ2n) is 6.66. The molecule has 0 heterocycles. The molecule has 0 bridgehead atoms. The van der Waals surface area contributed by atoms with Crippen LogP contribution in [0.3, 0.4) is 0 Å². The van der Waals surface area contributed by atoms with Gasteiger partial charge in [0.25, 0.3) is 0 Å². The molecule has 2 N–H and O–H groups in total. The smallest absolute Gasteiger partial charge is 0.243 e. The average Bonchev–Trinajstić information content (AvgIpc) is 2.74. The highest BCUT2D eigenvalue weighted by atomic mass is 35.5. The molecule has 0 radical (unpaired) electrons. The lowest BCUT2D eigenvalue weighted by Crippen LogP contribution is -2.23. The number of halogens is 4. The molecule has 0 unspecified atom stereocenters. The zero-order valence-corrected chi connectivity index (χ0v) is 19.7. The van der Waals surface area contributed by atoms with E-state index in [0.717, 1.165) is 30.4 Å². The number of amides is 2. The molecule has 4 nitrogen and oxygen atoms in total. The van der Waals surface area contributed by atoms with Crippen molar-refractivity contribution in [1.29, 1.82) is 0 Å². The Balaban J connectivity index is 1.56. The Morgan fingerprint density at radius 1 is 0.645 bits per heavy atom. The van der Waals surface area contributed by atoms with Crippen molar-refractivity contribution in [2.75, 3.05) is 13.1 Å². The van der Waals surface area contributed by atoms with E-state index in [1.807, 2.05) is 0 Å². The highest BCUT2D eigenvalue weighted by molar-refractivity contribution is 6.42.